The van der Waals surface area contributed by atoms with Crippen LogP contribution in [0, 0.1) is 11.8 Å². The van der Waals surface area contributed by atoms with Gasteiger partial charge in [0.1, 0.15) is 5.92 Å². The Labute approximate surface area is 172 Å². The normalized spacial score (nSPS) is 21.2. The maximum Gasteiger partial charge on any atom is 0.320 e. The van der Waals surface area contributed by atoms with Gasteiger partial charge in [0.15, 0.2) is 5.78 Å². The number of hydrogen-bond acceptors (Lipinski definition) is 5. The molecule has 0 spiro atoms. The summed E-state index contributed by atoms with van der Waals surface area (Å²) in [7, 11) is 1.30. The molecular weight excluding hydrogens is 376 g/mol. The molecule has 3 rings (SSSR count). The van der Waals surface area contributed by atoms with Gasteiger partial charge in [0, 0.05) is 30.4 Å². The number of carbonyl (C=O) groups is 2. The van der Waals surface area contributed by atoms with E-state index in [1.54, 1.807) is 6.08 Å². The lowest BCUT2D eigenvalue weighted by Gasteiger charge is -2.40. The van der Waals surface area contributed by atoms with Gasteiger partial charge in [-0.05, 0) is 17.1 Å². The van der Waals surface area contributed by atoms with Gasteiger partial charge in [-0.1, -0.05) is 56.3 Å². The molecule has 1 aliphatic heterocycles. The maximum atomic E-state index is 13.2. The number of ketones is 1. The van der Waals surface area contributed by atoms with Gasteiger partial charge in [-0.2, -0.15) is 0 Å². The van der Waals surface area contributed by atoms with Gasteiger partial charge >= 0.3 is 5.97 Å². The van der Waals surface area contributed by atoms with Crippen LogP contribution >= 0.6 is 12.4 Å². The van der Waals surface area contributed by atoms with Gasteiger partial charge in [0.2, 0.25) is 0 Å². The molecule has 5 nitrogen and oxygen atoms in total. The van der Waals surface area contributed by atoms with Crippen LogP contribution in [-0.4, -0.2) is 42.9 Å². The fraction of sp³-hybridized carbons (Fsp3) is 0.364. The monoisotopic (exact) mass is 402 g/mol. The lowest BCUT2D eigenvalue weighted by atomic mass is 9.77. The Morgan fingerprint density at radius 2 is 1.93 bits per heavy atom. The van der Waals surface area contributed by atoms with Crippen molar-refractivity contribution < 1.29 is 14.3 Å². The molecule has 150 valence electrons. The van der Waals surface area contributed by atoms with Gasteiger partial charge in [0.05, 0.1) is 13.2 Å². The number of ether oxygens (including phenoxy) is 1. The zero-order valence-electron chi connectivity index (χ0n) is 16.4. The molecule has 1 aliphatic carbocycles. The van der Waals surface area contributed by atoms with Gasteiger partial charge in [-0.25, -0.2) is 0 Å². The number of allylic oxidation sites excluding steroid dienone is 3. The highest BCUT2D eigenvalue weighted by Gasteiger charge is 2.39. The van der Waals surface area contributed by atoms with Crippen LogP contribution in [0.1, 0.15) is 19.4 Å². The molecule has 2 unspecified atom stereocenters. The first-order valence-electron chi connectivity index (χ1n) is 9.25. The lowest BCUT2D eigenvalue weighted by molar-refractivity contribution is -0.146. The van der Waals surface area contributed by atoms with Gasteiger partial charge < -0.3 is 15.4 Å². The molecule has 1 aromatic rings. The molecule has 0 amide bonds. The highest BCUT2D eigenvalue weighted by atomic mass is 35.5. The van der Waals surface area contributed by atoms with Gasteiger partial charge in [0.25, 0.3) is 0 Å². The molecule has 0 saturated carbocycles. The maximum absolute atomic E-state index is 13.2. The summed E-state index contributed by atoms with van der Waals surface area (Å²) in [5.74, 6) is -1.22. The second-order valence-electron chi connectivity index (χ2n) is 7.31. The lowest BCUT2D eigenvalue weighted by Crippen LogP contribution is -2.44. The minimum Gasteiger partial charge on any atom is -0.468 e. The number of nitrogens with two attached hydrogens (primary N) is 1. The first-order valence-corrected chi connectivity index (χ1v) is 9.25. The van der Waals surface area contributed by atoms with E-state index >= 15 is 0 Å². The summed E-state index contributed by atoms with van der Waals surface area (Å²) in [6.45, 7) is 5.52. The van der Waals surface area contributed by atoms with Crippen molar-refractivity contribution in [3.63, 3.8) is 0 Å². The molecule has 2 aliphatic rings. The zero-order chi connectivity index (χ0) is 19.6. The Hall–Kier alpha value is -2.37. The van der Waals surface area contributed by atoms with Crippen LogP contribution in [-0.2, 0) is 14.3 Å². The van der Waals surface area contributed by atoms with Gasteiger partial charge in [-0.3, -0.25) is 9.59 Å². The summed E-state index contributed by atoms with van der Waals surface area (Å²) in [6.07, 6.45) is 5.48. The van der Waals surface area contributed by atoms with Crippen LogP contribution in [0.15, 0.2) is 59.8 Å². The number of esters is 1. The van der Waals surface area contributed by atoms with E-state index in [9.17, 15) is 9.59 Å². The Kier molecular flexibility index (Phi) is 7.22. The van der Waals surface area contributed by atoms with Crippen molar-refractivity contribution in [2.24, 2.45) is 17.6 Å². The number of rotatable bonds is 5. The van der Waals surface area contributed by atoms with Crippen molar-refractivity contribution in [1.29, 1.82) is 0 Å². The largest absolute Gasteiger partial charge is 0.468 e. The highest BCUT2D eigenvalue weighted by molar-refractivity contribution is 6.18. The van der Waals surface area contributed by atoms with E-state index < -0.39 is 11.9 Å². The van der Waals surface area contributed by atoms with Crippen LogP contribution in [0.3, 0.4) is 0 Å². The molecule has 0 radical (unpaired) electrons. The number of methoxy groups -OCH3 is 1. The van der Waals surface area contributed by atoms with Crippen LogP contribution < -0.4 is 5.73 Å². The quantitative estimate of drug-likeness (QED) is 0.605. The summed E-state index contributed by atoms with van der Waals surface area (Å²) in [5, 5.41) is 0. The minimum absolute atomic E-state index is 0. The van der Waals surface area contributed by atoms with Crippen LogP contribution in [0.5, 0.6) is 0 Å². The van der Waals surface area contributed by atoms with E-state index in [0.29, 0.717) is 18.0 Å². The molecule has 0 bridgehead atoms. The number of fused-ring (bicyclic) bond motifs is 1. The molecule has 6 heteroatoms. The van der Waals surface area contributed by atoms with Gasteiger partial charge in [-0.15, -0.1) is 12.4 Å². The smallest absolute Gasteiger partial charge is 0.320 e. The second-order valence-corrected chi connectivity index (χ2v) is 7.31. The predicted molar refractivity (Wildman–Crippen MR) is 113 cm³/mol. The summed E-state index contributed by atoms with van der Waals surface area (Å²) in [4.78, 5) is 27.5. The summed E-state index contributed by atoms with van der Waals surface area (Å²) in [5.41, 5.74) is 9.40. The SMILES string of the molecule is COC(=O)C1C=CC2=CN(CC(C)C)C(CN)C(c3ccccc3)=C2C1=O.Cl. The highest BCUT2D eigenvalue weighted by Crippen LogP contribution is 2.39. The fourth-order valence-electron chi connectivity index (χ4n) is 3.79. The van der Waals surface area contributed by atoms with Crippen LogP contribution in [0.25, 0.3) is 5.57 Å². The standard InChI is InChI=1S/C22H26N2O3.ClH/c1-14(2)12-24-13-16-9-10-17(22(26)27-3)21(25)20(16)19(18(24)11-23)15-7-5-4-6-8-15;/h4-10,13-14,17-18H,11-12,23H2,1-3H3;1H. The molecule has 0 saturated heterocycles. The number of hydrogen-bond donors (Lipinski definition) is 1. The Balaban J connectivity index is 0.00000280. The van der Waals surface area contributed by atoms with E-state index in [4.69, 9.17) is 10.5 Å². The molecular formula is C22H27ClN2O3. The third-order valence-electron chi connectivity index (χ3n) is 4.93. The number of benzene rings is 1. The second kappa shape index (κ2) is 9.22. The van der Waals surface area contributed by atoms with Crippen molar-refractivity contribution in [3.05, 3.63) is 65.4 Å². The molecule has 1 heterocycles. The van der Waals surface area contributed by atoms with E-state index in [0.717, 1.165) is 23.3 Å². The third kappa shape index (κ3) is 4.05. The van der Waals surface area contributed by atoms with Crippen molar-refractivity contribution in [2.45, 2.75) is 19.9 Å². The first-order chi connectivity index (χ1) is 13.0. The Morgan fingerprint density at radius 3 is 2.50 bits per heavy atom. The van der Waals surface area contributed by atoms with Crippen molar-refractivity contribution in [3.8, 4) is 0 Å². The van der Waals surface area contributed by atoms with Crippen molar-refractivity contribution >= 4 is 29.7 Å². The number of nitrogens with zero attached hydrogens (tertiary/aromatic N) is 1. The molecule has 0 fully saturated rings. The topological polar surface area (TPSA) is 72.6 Å². The minimum atomic E-state index is -0.907. The average molecular weight is 403 g/mol. The first kappa shape index (κ1) is 21.9. The number of carbonyl (C=O) groups excluding carboxylic acids is 2. The van der Waals surface area contributed by atoms with Crippen molar-refractivity contribution in [1.82, 2.24) is 4.90 Å². The number of halogens is 1. The van der Waals surface area contributed by atoms with E-state index in [1.807, 2.05) is 42.6 Å². The molecule has 1 aromatic carbocycles. The number of Topliss-reactive ketones (excluding diaryl/α,β-unsaturated/α-hetero) is 1. The third-order valence-corrected chi connectivity index (χ3v) is 4.93. The molecule has 2 atom stereocenters. The molecule has 2 N–H and O–H groups in total. The van der Waals surface area contributed by atoms with Crippen LogP contribution in [0.4, 0.5) is 0 Å². The summed E-state index contributed by atoms with van der Waals surface area (Å²) < 4.78 is 4.82. The summed E-state index contributed by atoms with van der Waals surface area (Å²) >= 11 is 0. The van der Waals surface area contributed by atoms with E-state index in [1.165, 1.54) is 7.11 Å². The van der Waals surface area contributed by atoms with Crippen LogP contribution in [0.2, 0.25) is 0 Å². The summed E-state index contributed by atoms with van der Waals surface area (Å²) in [6, 6.07) is 9.68. The molecule has 28 heavy (non-hydrogen) atoms. The average Bonchev–Trinajstić information content (AvgIpc) is 2.67. The predicted octanol–water partition coefficient (Wildman–Crippen LogP) is 2.97. The Morgan fingerprint density at radius 1 is 1.25 bits per heavy atom. The fourth-order valence-corrected chi connectivity index (χ4v) is 3.79. The van der Waals surface area contributed by atoms with Crippen molar-refractivity contribution in [2.75, 3.05) is 20.2 Å². The Bertz CT molecular complexity index is 827. The zero-order valence-corrected chi connectivity index (χ0v) is 17.2. The van der Waals surface area contributed by atoms with E-state index in [-0.39, 0.29) is 24.2 Å². The molecule has 0 aromatic heterocycles. The van der Waals surface area contributed by atoms with E-state index in [2.05, 4.69) is 18.7 Å².